The average Bonchev–Trinajstić information content (AvgIpc) is 2.99. The van der Waals surface area contributed by atoms with E-state index in [-0.39, 0.29) is 11.8 Å². The van der Waals surface area contributed by atoms with Crippen LogP contribution in [0, 0.1) is 11.8 Å². The summed E-state index contributed by atoms with van der Waals surface area (Å²) in [7, 11) is 0. The van der Waals surface area contributed by atoms with Gasteiger partial charge in [-0.15, -0.1) is 0 Å². The second-order valence-electron chi connectivity index (χ2n) is 3.83. The molecule has 5 heteroatoms. The predicted molar refractivity (Wildman–Crippen MR) is 61.2 cm³/mol. The molecule has 2 rings (SSSR count). The lowest BCUT2D eigenvalue weighted by Crippen LogP contribution is -2.06. The van der Waals surface area contributed by atoms with E-state index in [1.54, 1.807) is 18.2 Å². The van der Waals surface area contributed by atoms with E-state index < -0.39 is 5.97 Å². The van der Waals surface area contributed by atoms with Gasteiger partial charge >= 0.3 is 5.97 Å². The molecule has 0 aliphatic heterocycles. The van der Waals surface area contributed by atoms with E-state index in [1.807, 2.05) is 0 Å². The van der Waals surface area contributed by atoms with Crippen molar-refractivity contribution in [3.63, 3.8) is 0 Å². The van der Waals surface area contributed by atoms with Crippen molar-refractivity contribution >= 4 is 29.2 Å². The van der Waals surface area contributed by atoms with Crippen molar-refractivity contribution in [1.82, 2.24) is 0 Å². The third-order valence-corrected chi connectivity index (χ3v) is 3.13. The van der Waals surface area contributed by atoms with Crippen LogP contribution in [0.4, 0.5) is 0 Å². The number of hydrogen-bond donors (Lipinski definition) is 1. The molecule has 1 fully saturated rings. The van der Waals surface area contributed by atoms with Gasteiger partial charge in [0.2, 0.25) is 0 Å². The van der Waals surface area contributed by atoms with Gasteiger partial charge < -0.3 is 9.84 Å². The summed E-state index contributed by atoms with van der Waals surface area (Å²) < 4.78 is 5.44. The van der Waals surface area contributed by atoms with E-state index in [9.17, 15) is 4.79 Å². The molecule has 1 aromatic carbocycles. The van der Waals surface area contributed by atoms with E-state index in [0.717, 1.165) is 0 Å². The van der Waals surface area contributed by atoms with Gasteiger partial charge in [-0.3, -0.25) is 4.79 Å². The minimum Gasteiger partial charge on any atom is -0.492 e. The molecule has 1 saturated carbocycles. The number of carboxylic acid groups (broad SMARTS) is 1. The molecule has 3 nitrogen and oxygen atoms in total. The first-order chi connectivity index (χ1) is 7.58. The Hall–Kier alpha value is -0.930. The highest BCUT2D eigenvalue weighted by atomic mass is 35.5. The molecule has 86 valence electrons. The lowest BCUT2D eigenvalue weighted by atomic mass is 10.3. The van der Waals surface area contributed by atoms with Crippen LogP contribution in [-0.2, 0) is 4.79 Å². The molecule has 0 heterocycles. The molecule has 0 saturated heterocycles. The van der Waals surface area contributed by atoms with Crippen molar-refractivity contribution < 1.29 is 14.6 Å². The van der Waals surface area contributed by atoms with Crippen LogP contribution in [0.25, 0.3) is 0 Å². The summed E-state index contributed by atoms with van der Waals surface area (Å²) in [5.74, 6) is -0.429. The lowest BCUT2D eigenvalue weighted by Gasteiger charge is -2.07. The topological polar surface area (TPSA) is 46.5 Å². The molecule has 0 amide bonds. The number of hydrogen-bond acceptors (Lipinski definition) is 2. The normalized spacial score (nSPS) is 22.9. The van der Waals surface area contributed by atoms with E-state index in [0.29, 0.717) is 28.8 Å². The zero-order valence-corrected chi connectivity index (χ0v) is 9.83. The van der Waals surface area contributed by atoms with Crippen molar-refractivity contribution in [3.8, 4) is 5.75 Å². The Bertz CT molecular complexity index is 420. The number of halogens is 2. The molecule has 1 aliphatic rings. The monoisotopic (exact) mass is 260 g/mol. The first-order valence-electron chi connectivity index (χ1n) is 4.88. The lowest BCUT2D eigenvalue weighted by molar-refractivity contribution is -0.138. The van der Waals surface area contributed by atoms with Gasteiger partial charge in [-0.2, -0.15) is 0 Å². The highest BCUT2D eigenvalue weighted by molar-refractivity contribution is 6.34. The van der Waals surface area contributed by atoms with Crippen molar-refractivity contribution in [1.29, 1.82) is 0 Å². The van der Waals surface area contributed by atoms with Gasteiger partial charge in [0.05, 0.1) is 17.5 Å². The first kappa shape index (κ1) is 11.6. The predicted octanol–water partition coefficient (Wildman–Crippen LogP) is 3.09. The average molecular weight is 261 g/mol. The summed E-state index contributed by atoms with van der Waals surface area (Å²) >= 11 is 11.7. The number of ether oxygens (including phenoxy) is 1. The second kappa shape index (κ2) is 4.52. The fourth-order valence-corrected chi connectivity index (χ4v) is 1.85. The highest BCUT2D eigenvalue weighted by Gasteiger charge is 2.43. The Morgan fingerprint density at radius 3 is 2.88 bits per heavy atom. The van der Waals surface area contributed by atoms with Crippen LogP contribution >= 0.6 is 23.2 Å². The number of benzene rings is 1. The Kier molecular flexibility index (Phi) is 3.26. The number of carboxylic acids is 1. The van der Waals surface area contributed by atoms with E-state index >= 15 is 0 Å². The molecule has 0 radical (unpaired) electrons. The highest BCUT2D eigenvalue weighted by Crippen LogP contribution is 2.39. The number of aliphatic carboxylic acids is 1. The van der Waals surface area contributed by atoms with Crippen LogP contribution in [0.5, 0.6) is 5.75 Å². The third-order valence-electron chi connectivity index (χ3n) is 2.59. The molecule has 1 N–H and O–H groups in total. The van der Waals surface area contributed by atoms with Gasteiger partial charge in [0, 0.05) is 17.0 Å². The maximum Gasteiger partial charge on any atom is 0.306 e. The molecule has 2 atom stereocenters. The van der Waals surface area contributed by atoms with Crippen LogP contribution in [-0.4, -0.2) is 17.7 Å². The standard InChI is InChI=1S/C11H10Cl2O3/c12-7-1-2-9(13)10(4-7)16-5-6-3-8(6)11(14)15/h1-2,4,6,8H,3,5H2,(H,14,15). The molecular formula is C11H10Cl2O3. The summed E-state index contributed by atoms with van der Waals surface area (Å²) in [6.07, 6.45) is 0.674. The summed E-state index contributed by atoms with van der Waals surface area (Å²) in [5.41, 5.74) is 0. The zero-order valence-electron chi connectivity index (χ0n) is 8.32. The Morgan fingerprint density at radius 1 is 1.50 bits per heavy atom. The zero-order chi connectivity index (χ0) is 11.7. The number of rotatable bonds is 4. The smallest absolute Gasteiger partial charge is 0.306 e. The fourth-order valence-electron chi connectivity index (χ4n) is 1.52. The first-order valence-corrected chi connectivity index (χ1v) is 5.64. The van der Waals surface area contributed by atoms with Crippen LogP contribution in [0.3, 0.4) is 0 Å². The van der Waals surface area contributed by atoms with Gasteiger partial charge in [-0.25, -0.2) is 0 Å². The van der Waals surface area contributed by atoms with Crippen LogP contribution in [0.2, 0.25) is 10.0 Å². The third kappa shape index (κ3) is 2.60. The SMILES string of the molecule is O=C(O)C1CC1COc1cc(Cl)ccc1Cl. The van der Waals surface area contributed by atoms with Crippen LogP contribution < -0.4 is 4.74 Å². The van der Waals surface area contributed by atoms with Crippen molar-refractivity contribution in [2.75, 3.05) is 6.61 Å². The largest absolute Gasteiger partial charge is 0.492 e. The van der Waals surface area contributed by atoms with Crippen molar-refractivity contribution in [3.05, 3.63) is 28.2 Å². The van der Waals surface area contributed by atoms with Crippen LogP contribution in [0.15, 0.2) is 18.2 Å². The molecule has 2 unspecified atom stereocenters. The molecule has 0 bridgehead atoms. The van der Waals surface area contributed by atoms with Crippen molar-refractivity contribution in [2.24, 2.45) is 11.8 Å². The Morgan fingerprint density at radius 2 is 2.25 bits per heavy atom. The molecule has 0 aromatic heterocycles. The molecule has 1 aliphatic carbocycles. The summed E-state index contributed by atoms with van der Waals surface area (Å²) in [4.78, 5) is 10.6. The van der Waals surface area contributed by atoms with E-state index in [2.05, 4.69) is 0 Å². The van der Waals surface area contributed by atoms with Gasteiger partial charge in [0.25, 0.3) is 0 Å². The molecule has 16 heavy (non-hydrogen) atoms. The van der Waals surface area contributed by atoms with Gasteiger partial charge in [0.15, 0.2) is 0 Å². The minimum atomic E-state index is -0.759. The minimum absolute atomic E-state index is 0.0903. The number of carbonyl (C=O) groups is 1. The second-order valence-corrected chi connectivity index (χ2v) is 4.67. The van der Waals surface area contributed by atoms with Gasteiger partial charge in [0.1, 0.15) is 5.75 Å². The Labute approximate surface area is 103 Å². The fraction of sp³-hybridized carbons (Fsp3) is 0.364. The molecule has 0 spiro atoms. The molecule has 1 aromatic rings. The maximum absolute atomic E-state index is 10.6. The van der Waals surface area contributed by atoms with E-state index in [1.165, 1.54) is 0 Å². The Balaban J connectivity index is 1.91. The van der Waals surface area contributed by atoms with Crippen molar-refractivity contribution in [2.45, 2.75) is 6.42 Å². The van der Waals surface area contributed by atoms with Crippen LogP contribution in [0.1, 0.15) is 6.42 Å². The summed E-state index contributed by atoms with van der Waals surface area (Å²) in [6.45, 7) is 0.372. The maximum atomic E-state index is 10.6. The van der Waals surface area contributed by atoms with Gasteiger partial charge in [-0.1, -0.05) is 23.2 Å². The van der Waals surface area contributed by atoms with E-state index in [4.69, 9.17) is 33.0 Å². The van der Waals surface area contributed by atoms with Gasteiger partial charge in [-0.05, 0) is 18.6 Å². The summed E-state index contributed by atoms with van der Waals surface area (Å²) in [6, 6.07) is 4.96. The quantitative estimate of drug-likeness (QED) is 0.905. The summed E-state index contributed by atoms with van der Waals surface area (Å²) in [5, 5.41) is 9.75. The molecular weight excluding hydrogens is 251 g/mol.